The quantitative estimate of drug-likeness (QED) is 0.550. The Kier molecular flexibility index (Phi) is 4.95. The molecule has 2 atom stereocenters. The van der Waals surface area contributed by atoms with Crippen LogP contribution in [0.2, 0.25) is 5.02 Å². The Morgan fingerprint density at radius 3 is 2.40 bits per heavy atom. The van der Waals surface area contributed by atoms with Crippen molar-refractivity contribution in [2.75, 3.05) is 24.1 Å². The minimum absolute atomic E-state index is 0.112. The molecule has 0 aliphatic carbocycles. The molecule has 0 aromatic heterocycles. The molecule has 2 heterocycles. The fourth-order valence-electron chi connectivity index (χ4n) is 3.71. The van der Waals surface area contributed by atoms with Crippen molar-refractivity contribution >= 4 is 46.5 Å². The van der Waals surface area contributed by atoms with Crippen molar-refractivity contribution in [2.45, 2.75) is 13.0 Å². The van der Waals surface area contributed by atoms with Gasteiger partial charge in [-0.15, -0.1) is 0 Å². The van der Waals surface area contributed by atoms with Gasteiger partial charge in [0.1, 0.15) is 17.7 Å². The van der Waals surface area contributed by atoms with Crippen LogP contribution in [0.3, 0.4) is 0 Å². The molecule has 1 saturated heterocycles. The van der Waals surface area contributed by atoms with Crippen molar-refractivity contribution in [3.63, 3.8) is 0 Å². The average molecular weight is 428 g/mol. The number of carbonyl (C=O) groups is 3. The Morgan fingerprint density at radius 2 is 1.77 bits per heavy atom. The van der Waals surface area contributed by atoms with Crippen molar-refractivity contribution in [2.24, 2.45) is 11.0 Å². The third kappa shape index (κ3) is 2.91. The van der Waals surface area contributed by atoms with Gasteiger partial charge in [0.05, 0.1) is 25.6 Å². The van der Waals surface area contributed by atoms with Gasteiger partial charge >= 0.3 is 5.97 Å². The highest BCUT2D eigenvalue weighted by atomic mass is 35.5. The molecule has 0 N–H and O–H groups in total. The molecule has 4 rings (SSSR count). The van der Waals surface area contributed by atoms with E-state index in [-0.39, 0.29) is 5.71 Å². The van der Waals surface area contributed by atoms with E-state index in [1.807, 2.05) is 0 Å². The van der Waals surface area contributed by atoms with Crippen LogP contribution in [0.5, 0.6) is 5.75 Å². The minimum Gasteiger partial charge on any atom is -0.497 e. The van der Waals surface area contributed by atoms with Crippen LogP contribution in [-0.2, 0) is 19.1 Å². The second-order valence-electron chi connectivity index (χ2n) is 6.84. The lowest BCUT2D eigenvalue weighted by Crippen LogP contribution is -2.39. The fraction of sp³-hybridized carbons (Fsp3) is 0.238. The molecular weight excluding hydrogens is 410 g/mol. The zero-order chi connectivity index (χ0) is 21.6. The summed E-state index contributed by atoms with van der Waals surface area (Å²) in [6, 6.07) is 10.8. The first-order valence-electron chi connectivity index (χ1n) is 9.12. The highest BCUT2D eigenvalue weighted by molar-refractivity contribution is 6.47. The van der Waals surface area contributed by atoms with Crippen molar-refractivity contribution < 1.29 is 23.9 Å². The van der Waals surface area contributed by atoms with Gasteiger partial charge < -0.3 is 9.47 Å². The number of methoxy groups -OCH3 is 2. The number of imide groups is 1. The number of benzene rings is 2. The fourth-order valence-corrected chi connectivity index (χ4v) is 3.88. The van der Waals surface area contributed by atoms with Gasteiger partial charge in [-0.1, -0.05) is 17.7 Å². The molecule has 0 bridgehead atoms. The van der Waals surface area contributed by atoms with E-state index in [0.717, 1.165) is 4.90 Å². The SMILES string of the molecule is COC(=O)C1=NN(c2ccc(OC)cc2)[C@@H]2C(=O)N(c3cccc(Cl)c3C)C(=O)[C@H]12. The topological polar surface area (TPSA) is 88.5 Å². The Labute approximate surface area is 177 Å². The molecule has 2 aliphatic rings. The van der Waals surface area contributed by atoms with Gasteiger partial charge in [-0.05, 0) is 48.9 Å². The number of fused-ring (bicyclic) bond motifs is 1. The summed E-state index contributed by atoms with van der Waals surface area (Å²) in [7, 11) is 2.74. The van der Waals surface area contributed by atoms with Crippen molar-refractivity contribution in [3.8, 4) is 5.75 Å². The van der Waals surface area contributed by atoms with Crippen LogP contribution in [0.25, 0.3) is 0 Å². The van der Waals surface area contributed by atoms with E-state index in [0.29, 0.717) is 27.7 Å². The van der Waals surface area contributed by atoms with Crippen LogP contribution in [-0.4, -0.2) is 43.8 Å². The second kappa shape index (κ2) is 7.46. The molecule has 2 aromatic carbocycles. The molecule has 9 heteroatoms. The maximum atomic E-state index is 13.4. The number of anilines is 2. The maximum Gasteiger partial charge on any atom is 0.355 e. The predicted molar refractivity (Wildman–Crippen MR) is 111 cm³/mol. The van der Waals surface area contributed by atoms with Crippen LogP contribution < -0.4 is 14.6 Å². The Balaban J connectivity index is 1.81. The van der Waals surface area contributed by atoms with Crippen LogP contribution in [0.1, 0.15) is 5.56 Å². The Bertz CT molecular complexity index is 1080. The molecule has 1 fully saturated rings. The molecule has 2 amide bonds. The Hall–Kier alpha value is -3.39. The monoisotopic (exact) mass is 427 g/mol. The number of nitrogens with zero attached hydrogens (tertiary/aromatic N) is 3. The van der Waals surface area contributed by atoms with E-state index in [1.54, 1.807) is 56.5 Å². The summed E-state index contributed by atoms with van der Waals surface area (Å²) in [5.41, 5.74) is 1.40. The van der Waals surface area contributed by atoms with E-state index < -0.39 is 29.7 Å². The van der Waals surface area contributed by atoms with Gasteiger partial charge in [0.2, 0.25) is 5.91 Å². The molecule has 154 valence electrons. The highest BCUT2D eigenvalue weighted by Crippen LogP contribution is 2.40. The molecule has 8 nitrogen and oxygen atoms in total. The number of carbonyl (C=O) groups excluding carboxylic acids is 3. The highest BCUT2D eigenvalue weighted by Gasteiger charge is 2.59. The summed E-state index contributed by atoms with van der Waals surface area (Å²) >= 11 is 6.19. The van der Waals surface area contributed by atoms with E-state index in [2.05, 4.69) is 5.10 Å². The molecule has 2 aromatic rings. The van der Waals surface area contributed by atoms with Gasteiger partial charge in [-0.3, -0.25) is 14.6 Å². The first-order chi connectivity index (χ1) is 14.4. The number of hydrazone groups is 1. The maximum absolute atomic E-state index is 13.4. The predicted octanol–water partition coefficient (Wildman–Crippen LogP) is 2.56. The minimum atomic E-state index is -1.08. The van der Waals surface area contributed by atoms with Gasteiger partial charge in [0.25, 0.3) is 5.91 Å². The molecule has 0 saturated carbocycles. The number of ether oxygens (including phenoxy) is 2. The number of amides is 2. The standard InChI is InChI=1S/C21H18ClN3O5/c1-11-14(22)5-4-6-15(11)24-19(26)16-17(21(28)30-3)23-25(18(16)20(24)27)12-7-9-13(29-2)10-8-12/h4-10,16,18H,1-3H3/t16-,18+/m1/s1. The average Bonchev–Trinajstić information content (AvgIpc) is 3.27. The van der Waals surface area contributed by atoms with Gasteiger partial charge in [-0.2, -0.15) is 5.10 Å². The Morgan fingerprint density at radius 1 is 1.07 bits per heavy atom. The second-order valence-corrected chi connectivity index (χ2v) is 7.24. The third-order valence-corrected chi connectivity index (χ3v) is 5.67. The van der Waals surface area contributed by atoms with E-state index >= 15 is 0 Å². The van der Waals surface area contributed by atoms with Crippen LogP contribution in [0.15, 0.2) is 47.6 Å². The first-order valence-corrected chi connectivity index (χ1v) is 9.50. The van der Waals surface area contributed by atoms with Crippen molar-refractivity contribution in [1.82, 2.24) is 0 Å². The van der Waals surface area contributed by atoms with Gasteiger partial charge in [-0.25, -0.2) is 9.69 Å². The molecule has 0 radical (unpaired) electrons. The summed E-state index contributed by atoms with van der Waals surface area (Å²) in [5, 5.41) is 6.09. The zero-order valence-electron chi connectivity index (χ0n) is 16.5. The number of rotatable bonds is 4. The molecule has 0 unspecified atom stereocenters. The van der Waals surface area contributed by atoms with Crippen LogP contribution in [0.4, 0.5) is 11.4 Å². The summed E-state index contributed by atoms with van der Waals surface area (Å²) in [4.78, 5) is 40.1. The zero-order valence-corrected chi connectivity index (χ0v) is 17.2. The molecule has 0 spiro atoms. The number of hydrogen-bond acceptors (Lipinski definition) is 7. The number of halogens is 1. The van der Waals surface area contributed by atoms with Crippen LogP contribution in [0, 0.1) is 12.8 Å². The summed E-state index contributed by atoms with van der Waals surface area (Å²) in [6.07, 6.45) is 0. The summed E-state index contributed by atoms with van der Waals surface area (Å²) < 4.78 is 9.97. The lowest BCUT2D eigenvalue weighted by molar-refractivity contribution is -0.133. The van der Waals surface area contributed by atoms with Crippen molar-refractivity contribution in [1.29, 1.82) is 0 Å². The number of esters is 1. The van der Waals surface area contributed by atoms with Crippen molar-refractivity contribution in [3.05, 3.63) is 53.1 Å². The summed E-state index contributed by atoms with van der Waals surface area (Å²) in [6.45, 7) is 1.73. The van der Waals surface area contributed by atoms with Gasteiger partial charge in [0, 0.05) is 5.02 Å². The summed E-state index contributed by atoms with van der Waals surface area (Å²) in [5.74, 6) is -2.25. The number of hydrogen-bond donors (Lipinski definition) is 0. The molecule has 30 heavy (non-hydrogen) atoms. The normalized spacial score (nSPS) is 20.3. The molecular formula is C21H18ClN3O5. The van der Waals surface area contributed by atoms with Crippen LogP contribution >= 0.6 is 11.6 Å². The lowest BCUT2D eigenvalue weighted by atomic mass is 9.98. The lowest BCUT2D eigenvalue weighted by Gasteiger charge is -2.23. The first kappa shape index (κ1) is 19.9. The van der Waals surface area contributed by atoms with E-state index in [1.165, 1.54) is 12.1 Å². The van der Waals surface area contributed by atoms with Gasteiger partial charge in [0.15, 0.2) is 5.71 Å². The largest absolute Gasteiger partial charge is 0.497 e. The van der Waals surface area contributed by atoms with E-state index in [4.69, 9.17) is 21.1 Å². The third-order valence-electron chi connectivity index (χ3n) is 5.26. The smallest absolute Gasteiger partial charge is 0.355 e. The molecule has 2 aliphatic heterocycles. The van der Waals surface area contributed by atoms with E-state index in [9.17, 15) is 14.4 Å².